The number of rotatable bonds is 16. The molecule has 0 saturated carbocycles. The lowest BCUT2D eigenvalue weighted by Crippen LogP contribution is -2.30. The molecule has 1 aromatic heterocycles. The fraction of sp³-hybridized carbons (Fsp3) is 0.359. The number of unbranched alkanes of at least 4 members (excludes halogenated alkanes) is 2. The normalized spacial score (nSPS) is 11.2. The molecule has 0 aliphatic carbocycles. The van der Waals surface area contributed by atoms with Crippen molar-refractivity contribution < 1.29 is 35.9 Å². The van der Waals surface area contributed by atoms with E-state index >= 15 is 0 Å². The fourth-order valence-electron chi connectivity index (χ4n) is 5.32. The molecule has 3 aromatic carbocycles. The van der Waals surface area contributed by atoms with Gasteiger partial charge in [0.15, 0.2) is 5.78 Å². The van der Waals surface area contributed by atoms with E-state index in [1.54, 1.807) is 17.7 Å². The smallest absolute Gasteiger partial charge is 0.462 e. The Balaban J connectivity index is 0.000000349. The maximum Gasteiger partial charge on any atom is 0.516 e. The van der Waals surface area contributed by atoms with E-state index < -0.39 is 21.5 Å². The molecule has 0 spiro atoms. The third kappa shape index (κ3) is 11.2. The highest BCUT2D eigenvalue weighted by Gasteiger charge is 2.46. The van der Waals surface area contributed by atoms with Crippen molar-refractivity contribution in [1.29, 1.82) is 5.26 Å². The number of esters is 1. The van der Waals surface area contributed by atoms with E-state index in [2.05, 4.69) is 13.8 Å². The molecular weight excluding hydrogens is 740 g/mol. The number of anilines is 6. The first-order chi connectivity index (χ1) is 25.6. The molecule has 0 unspecified atom stereocenters. The Hall–Kier alpha value is -5.07. The molecule has 10 nitrogen and oxygen atoms in total. The molecule has 0 aliphatic rings. The largest absolute Gasteiger partial charge is 0.516 e. The van der Waals surface area contributed by atoms with E-state index in [1.165, 1.54) is 23.3 Å². The predicted molar refractivity (Wildman–Crippen MR) is 210 cm³/mol. The Morgan fingerprint density at radius 2 is 1.41 bits per heavy atom. The maximum absolute atomic E-state index is 13.0. The zero-order valence-electron chi connectivity index (χ0n) is 30.8. The monoisotopic (exact) mass is 785 g/mol. The van der Waals surface area contributed by atoms with Gasteiger partial charge in [-0.3, -0.25) is 9.52 Å². The number of carbonyl (C=O) groups is 2. The summed E-state index contributed by atoms with van der Waals surface area (Å²) in [6, 6.07) is 22.0. The van der Waals surface area contributed by atoms with Crippen LogP contribution in [0.3, 0.4) is 0 Å². The van der Waals surface area contributed by atoms with Crippen molar-refractivity contribution in [2.75, 3.05) is 27.7 Å². The van der Waals surface area contributed by atoms with Crippen LogP contribution >= 0.6 is 11.3 Å². The van der Waals surface area contributed by atoms with E-state index in [0.29, 0.717) is 12.1 Å². The van der Waals surface area contributed by atoms with Gasteiger partial charge in [0.2, 0.25) is 0 Å². The van der Waals surface area contributed by atoms with Crippen molar-refractivity contribution >= 4 is 66.6 Å². The number of ketones is 1. The molecule has 0 amide bonds. The summed E-state index contributed by atoms with van der Waals surface area (Å²) >= 11 is 0.983. The number of nitrogen functional groups attached to an aromatic ring is 2. The van der Waals surface area contributed by atoms with Gasteiger partial charge < -0.3 is 21.1 Å². The van der Waals surface area contributed by atoms with Gasteiger partial charge in [-0.1, -0.05) is 64.3 Å². The molecule has 0 bridgehead atoms. The Labute approximate surface area is 319 Å². The van der Waals surface area contributed by atoms with Crippen LogP contribution in [-0.2, 0) is 27.6 Å². The van der Waals surface area contributed by atoms with Gasteiger partial charge in [0.25, 0.3) is 0 Å². The molecule has 54 heavy (non-hydrogen) atoms. The maximum atomic E-state index is 13.0. The van der Waals surface area contributed by atoms with Crippen molar-refractivity contribution in [2.24, 2.45) is 0 Å². The van der Waals surface area contributed by atoms with Gasteiger partial charge in [-0.15, -0.1) is 11.3 Å². The molecule has 15 heteroatoms. The highest BCUT2D eigenvalue weighted by atomic mass is 32.2. The number of hydrogen-bond acceptors (Lipinski definition) is 10. The zero-order valence-corrected chi connectivity index (χ0v) is 32.4. The van der Waals surface area contributed by atoms with Crippen LogP contribution < -0.4 is 21.1 Å². The number of aryl methyl sites for hydroxylation is 2. The van der Waals surface area contributed by atoms with Crippen molar-refractivity contribution in [2.45, 2.75) is 84.6 Å². The standard InChI is InChI=1S/C26H30F3N3O2S.C13H16N2O3S/c1-3-5-7-20-10-14-22(15-11-20)32(21-12-8-19(6-4-2)9-13-21)23-16-17-24(30)25(18-23)31-35(33,34)26(27,28)29;1-3-5-6-9(16)11-8(7-14)10(12(15)19-11)13(17)18-4-2/h8-18,31H,3-7,30H2,1-2H3;3-6,15H2,1-2H3. The number of benzene rings is 3. The van der Waals surface area contributed by atoms with Crippen molar-refractivity contribution in [1.82, 2.24) is 0 Å². The average molecular weight is 786 g/mol. The Morgan fingerprint density at radius 1 is 0.852 bits per heavy atom. The molecule has 4 rings (SSSR count). The number of nitrogens with one attached hydrogen (secondary N) is 1. The number of ether oxygens (including phenoxy) is 1. The minimum Gasteiger partial charge on any atom is -0.462 e. The SMILES string of the molecule is CCCCC(=O)c1sc(N)c(C(=O)OCC)c1C#N.CCCCc1ccc(N(c2ccc(CCC)cc2)c2ccc(N)c(NS(=O)(=O)C(F)(F)F)c2)cc1. The number of alkyl halides is 3. The lowest BCUT2D eigenvalue weighted by atomic mass is 10.1. The lowest BCUT2D eigenvalue weighted by Gasteiger charge is -2.27. The summed E-state index contributed by atoms with van der Waals surface area (Å²) in [5.41, 5.74) is 10.1. The third-order valence-corrected chi connectivity index (χ3v) is 10.3. The summed E-state index contributed by atoms with van der Waals surface area (Å²) in [6.45, 7) is 8.06. The molecule has 0 atom stereocenters. The van der Waals surface area contributed by atoms with Crippen LogP contribution in [0, 0.1) is 11.3 Å². The Morgan fingerprint density at radius 3 is 1.91 bits per heavy atom. The number of Topliss-reactive ketones (excluding diaryl/α,β-unsaturated/α-hetero) is 1. The van der Waals surface area contributed by atoms with Gasteiger partial charge >= 0.3 is 21.5 Å². The summed E-state index contributed by atoms with van der Waals surface area (Å²) in [5.74, 6) is -0.798. The first kappa shape index (κ1) is 43.3. The van der Waals surface area contributed by atoms with Crippen molar-refractivity contribution in [3.8, 4) is 6.07 Å². The van der Waals surface area contributed by atoms with Crippen LogP contribution in [0.1, 0.15) is 103 Å². The first-order valence-electron chi connectivity index (χ1n) is 17.6. The number of nitriles is 1. The van der Waals surface area contributed by atoms with Crippen LogP contribution in [0.2, 0.25) is 0 Å². The van der Waals surface area contributed by atoms with E-state index in [0.717, 1.165) is 67.7 Å². The van der Waals surface area contributed by atoms with Crippen molar-refractivity contribution in [3.63, 3.8) is 0 Å². The minimum atomic E-state index is -5.62. The number of hydrogen-bond donors (Lipinski definition) is 3. The van der Waals surface area contributed by atoms with E-state index in [9.17, 15) is 31.2 Å². The number of halogens is 3. The summed E-state index contributed by atoms with van der Waals surface area (Å²) < 4.78 is 68.7. The molecule has 0 radical (unpaired) electrons. The average Bonchev–Trinajstić information content (AvgIpc) is 3.48. The van der Waals surface area contributed by atoms with Gasteiger partial charge in [0.1, 0.15) is 16.6 Å². The molecule has 290 valence electrons. The van der Waals surface area contributed by atoms with Gasteiger partial charge in [0.05, 0.1) is 28.4 Å². The summed E-state index contributed by atoms with van der Waals surface area (Å²) in [5, 5.41) is 9.31. The summed E-state index contributed by atoms with van der Waals surface area (Å²) in [4.78, 5) is 25.8. The van der Waals surface area contributed by atoms with Crippen LogP contribution in [0.25, 0.3) is 0 Å². The predicted octanol–water partition coefficient (Wildman–Crippen LogP) is 10.0. The number of nitrogens with zero attached hydrogens (tertiary/aromatic N) is 2. The minimum absolute atomic E-state index is 0.0224. The molecular formula is C39H46F3N5O5S2. The van der Waals surface area contributed by atoms with Gasteiger partial charge in [0, 0.05) is 23.5 Å². The molecule has 0 fully saturated rings. The second kappa shape index (κ2) is 19.8. The summed E-state index contributed by atoms with van der Waals surface area (Å²) in [6.07, 6.45) is 7.03. The topological polar surface area (TPSA) is 169 Å². The number of thiophene rings is 1. The third-order valence-electron chi connectivity index (χ3n) is 8.13. The van der Waals surface area contributed by atoms with E-state index in [1.807, 2.05) is 66.4 Å². The molecule has 5 N–H and O–H groups in total. The number of carbonyl (C=O) groups excluding carboxylic acids is 2. The second-order valence-electron chi connectivity index (χ2n) is 12.2. The fourth-order valence-corrected chi connectivity index (χ4v) is 6.88. The number of sulfonamides is 1. The second-order valence-corrected chi connectivity index (χ2v) is 15.0. The summed E-state index contributed by atoms with van der Waals surface area (Å²) in [7, 11) is -5.62. The highest BCUT2D eigenvalue weighted by molar-refractivity contribution is 7.93. The van der Waals surface area contributed by atoms with E-state index in [-0.39, 0.29) is 44.8 Å². The Kier molecular flexibility index (Phi) is 15.9. The van der Waals surface area contributed by atoms with E-state index in [4.69, 9.17) is 21.5 Å². The zero-order chi connectivity index (χ0) is 40.1. The highest BCUT2D eigenvalue weighted by Crippen LogP contribution is 2.39. The van der Waals surface area contributed by atoms with Gasteiger partial charge in [-0.25, -0.2) is 4.79 Å². The number of nitrogens with two attached hydrogens (primary N) is 2. The van der Waals surface area contributed by atoms with Crippen LogP contribution in [0.15, 0.2) is 66.7 Å². The van der Waals surface area contributed by atoms with Crippen LogP contribution in [0.5, 0.6) is 0 Å². The van der Waals surface area contributed by atoms with Crippen LogP contribution in [-0.4, -0.2) is 32.3 Å². The molecule has 0 aliphatic heterocycles. The van der Waals surface area contributed by atoms with Gasteiger partial charge in [-0.05, 0) is 86.2 Å². The molecule has 1 heterocycles. The molecule has 4 aromatic rings. The van der Waals surface area contributed by atoms with Gasteiger partial charge in [-0.2, -0.15) is 26.9 Å². The Bertz CT molecular complexity index is 2030. The van der Waals surface area contributed by atoms with Crippen molar-refractivity contribution in [3.05, 3.63) is 93.9 Å². The lowest BCUT2D eigenvalue weighted by molar-refractivity contribution is -0.0429. The quantitative estimate of drug-likeness (QED) is 0.0569. The first-order valence-corrected chi connectivity index (χ1v) is 19.9. The van der Waals surface area contributed by atoms with Crippen LogP contribution in [0.4, 0.5) is 46.6 Å². The molecule has 0 saturated heterocycles.